The molecule has 0 fully saturated rings. The molecule has 0 aliphatic rings. The van der Waals surface area contributed by atoms with Crippen molar-refractivity contribution < 1.29 is 17.9 Å². The largest absolute Gasteiger partial charge is 0.492 e. The van der Waals surface area contributed by atoms with Crippen LogP contribution >= 0.6 is 0 Å². The molecule has 142 valence electrons. The average molecular weight is 376 g/mol. The minimum Gasteiger partial charge on any atom is -0.492 e. The van der Waals surface area contributed by atoms with Crippen molar-refractivity contribution in [2.75, 3.05) is 13.2 Å². The first-order chi connectivity index (χ1) is 12.9. The predicted octanol–water partition coefficient (Wildman–Crippen LogP) is 3.67. The van der Waals surface area contributed by atoms with Gasteiger partial charge in [0, 0.05) is 49.9 Å². The van der Waals surface area contributed by atoms with Crippen molar-refractivity contribution in [2.24, 2.45) is 7.05 Å². The maximum absolute atomic E-state index is 12.9. The first-order valence-electron chi connectivity index (χ1n) is 8.38. The molecule has 8 heteroatoms. The lowest BCUT2D eigenvalue weighted by Gasteiger charge is -2.14. The van der Waals surface area contributed by atoms with E-state index in [1.165, 1.54) is 18.2 Å². The van der Waals surface area contributed by atoms with Gasteiger partial charge in [0.25, 0.3) is 0 Å². The fourth-order valence-electron chi connectivity index (χ4n) is 2.70. The van der Waals surface area contributed by atoms with Crippen LogP contribution in [0.4, 0.5) is 13.2 Å². The van der Waals surface area contributed by atoms with Crippen molar-refractivity contribution in [1.29, 1.82) is 0 Å². The molecule has 0 saturated heterocycles. The summed E-state index contributed by atoms with van der Waals surface area (Å²) < 4.78 is 45.9. The van der Waals surface area contributed by atoms with Gasteiger partial charge >= 0.3 is 6.18 Å². The summed E-state index contributed by atoms with van der Waals surface area (Å²) in [5.74, 6) is -0.161. The van der Waals surface area contributed by atoms with Crippen LogP contribution in [0.1, 0.15) is 11.1 Å². The van der Waals surface area contributed by atoms with Crippen LogP contribution in [-0.2, 0) is 19.8 Å². The molecule has 0 bridgehead atoms. The second-order valence-electron chi connectivity index (χ2n) is 5.93. The number of halogens is 3. The predicted molar refractivity (Wildman–Crippen MR) is 95.1 cm³/mol. The number of aromatic nitrogens is 3. The summed E-state index contributed by atoms with van der Waals surface area (Å²) in [4.78, 5) is 4.00. The third kappa shape index (κ3) is 4.85. The summed E-state index contributed by atoms with van der Waals surface area (Å²) in [5.41, 5.74) is 2.02. The summed E-state index contributed by atoms with van der Waals surface area (Å²) in [6.07, 6.45) is 0.877. The first-order valence-corrected chi connectivity index (χ1v) is 8.38. The summed E-state index contributed by atoms with van der Waals surface area (Å²) >= 11 is 0. The van der Waals surface area contributed by atoms with Crippen LogP contribution in [0.25, 0.3) is 11.3 Å². The van der Waals surface area contributed by atoms with Crippen LogP contribution in [0, 0.1) is 0 Å². The molecule has 0 saturated carbocycles. The number of hydrogen-bond donors (Lipinski definition) is 1. The van der Waals surface area contributed by atoms with E-state index in [9.17, 15) is 13.2 Å². The van der Waals surface area contributed by atoms with Crippen LogP contribution < -0.4 is 10.1 Å². The molecule has 1 aromatic carbocycles. The smallest absolute Gasteiger partial charge is 0.419 e. The van der Waals surface area contributed by atoms with Crippen LogP contribution in [-0.4, -0.2) is 27.9 Å². The lowest BCUT2D eigenvalue weighted by Crippen LogP contribution is -2.21. The Labute approximate surface area is 154 Å². The zero-order valence-corrected chi connectivity index (χ0v) is 14.7. The van der Waals surface area contributed by atoms with Crippen molar-refractivity contribution in [3.63, 3.8) is 0 Å². The normalized spacial score (nSPS) is 11.6. The SMILES string of the molecule is Cn1cc(CNCCOc2ccccc2C(F)(F)F)c(-c2ccncc2)n1. The van der Waals surface area contributed by atoms with Crippen molar-refractivity contribution in [3.05, 3.63) is 66.1 Å². The van der Waals surface area contributed by atoms with E-state index in [1.54, 1.807) is 17.1 Å². The quantitative estimate of drug-likeness (QED) is 0.640. The van der Waals surface area contributed by atoms with E-state index in [0.717, 1.165) is 22.9 Å². The third-order valence-electron chi connectivity index (χ3n) is 3.90. The number of benzene rings is 1. The molecular formula is C19H19F3N4O. The molecule has 5 nitrogen and oxygen atoms in total. The number of nitrogens with one attached hydrogen (secondary N) is 1. The van der Waals surface area contributed by atoms with Crippen molar-refractivity contribution >= 4 is 0 Å². The van der Waals surface area contributed by atoms with E-state index in [1.807, 2.05) is 25.4 Å². The molecular weight excluding hydrogens is 357 g/mol. The topological polar surface area (TPSA) is 52.0 Å². The second-order valence-corrected chi connectivity index (χ2v) is 5.93. The van der Waals surface area contributed by atoms with E-state index in [2.05, 4.69) is 15.4 Å². The molecule has 0 atom stereocenters. The van der Waals surface area contributed by atoms with Gasteiger partial charge in [-0.15, -0.1) is 0 Å². The number of aryl methyl sites for hydroxylation is 1. The Morgan fingerprint density at radius 2 is 1.85 bits per heavy atom. The number of hydrogen-bond acceptors (Lipinski definition) is 4. The molecule has 0 amide bonds. The van der Waals surface area contributed by atoms with Gasteiger partial charge in [0.05, 0.1) is 11.3 Å². The highest BCUT2D eigenvalue weighted by Crippen LogP contribution is 2.35. The zero-order chi connectivity index (χ0) is 19.3. The highest BCUT2D eigenvalue weighted by molar-refractivity contribution is 5.61. The fraction of sp³-hybridized carbons (Fsp3) is 0.263. The molecule has 3 rings (SSSR count). The van der Waals surface area contributed by atoms with E-state index in [4.69, 9.17) is 4.74 Å². The van der Waals surface area contributed by atoms with Gasteiger partial charge in [-0.25, -0.2) is 0 Å². The Kier molecular flexibility index (Phi) is 5.75. The molecule has 0 spiro atoms. The van der Waals surface area contributed by atoms with Crippen molar-refractivity contribution in [1.82, 2.24) is 20.1 Å². The van der Waals surface area contributed by atoms with Crippen molar-refractivity contribution in [3.8, 4) is 17.0 Å². The monoisotopic (exact) mass is 376 g/mol. The summed E-state index contributed by atoms with van der Waals surface area (Å²) in [6, 6.07) is 8.96. The van der Waals surface area contributed by atoms with E-state index in [0.29, 0.717) is 13.1 Å². The van der Waals surface area contributed by atoms with Crippen molar-refractivity contribution in [2.45, 2.75) is 12.7 Å². The Morgan fingerprint density at radius 1 is 1.11 bits per heavy atom. The maximum Gasteiger partial charge on any atom is 0.419 e. The van der Waals surface area contributed by atoms with Crippen LogP contribution in [0.5, 0.6) is 5.75 Å². The summed E-state index contributed by atoms with van der Waals surface area (Å²) in [6.45, 7) is 1.05. The van der Waals surface area contributed by atoms with Gasteiger partial charge in [-0.1, -0.05) is 12.1 Å². The van der Waals surface area contributed by atoms with Crippen LogP contribution in [0.15, 0.2) is 55.0 Å². The highest BCUT2D eigenvalue weighted by atomic mass is 19.4. The van der Waals surface area contributed by atoms with Gasteiger partial charge in [-0.2, -0.15) is 18.3 Å². The van der Waals surface area contributed by atoms with Gasteiger partial charge < -0.3 is 10.1 Å². The maximum atomic E-state index is 12.9. The van der Waals surface area contributed by atoms with Gasteiger partial charge in [0.15, 0.2) is 0 Å². The van der Waals surface area contributed by atoms with Crippen LogP contribution in [0.2, 0.25) is 0 Å². The molecule has 27 heavy (non-hydrogen) atoms. The highest BCUT2D eigenvalue weighted by Gasteiger charge is 2.33. The van der Waals surface area contributed by atoms with E-state index in [-0.39, 0.29) is 12.4 Å². The van der Waals surface area contributed by atoms with Gasteiger partial charge in [0.2, 0.25) is 0 Å². The zero-order valence-electron chi connectivity index (χ0n) is 14.7. The molecule has 0 radical (unpaired) electrons. The third-order valence-corrected chi connectivity index (χ3v) is 3.90. The number of nitrogens with zero attached hydrogens (tertiary/aromatic N) is 3. The Morgan fingerprint density at radius 3 is 2.59 bits per heavy atom. The summed E-state index contributed by atoms with van der Waals surface area (Å²) in [7, 11) is 1.84. The van der Waals surface area contributed by atoms with Gasteiger partial charge in [-0.05, 0) is 24.3 Å². The fourth-order valence-corrected chi connectivity index (χ4v) is 2.70. The molecule has 1 N–H and O–H groups in total. The van der Waals surface area contributed by atoms with E-state index >= 15 is 0 Å². The Balaban J connectivity index is 1.55. The molecule has 2 aromatic heterocycles. The molecule has 2 heterocycles. The lowest BCUT2D eigenvalue weighted by molar-refractivity contribution is -0.138. The van der Waals surface area contributed by atoms with E-state index < -0.39 is 11.7 Å². The number of para-hydroxylation sites is 1. The van der Waals surface area contributed by atoms with Gasteiger partial charge in [-0.3, -0.25) is 9.67 Å². The molecule has 0 aliphatic carbocycles. The number of ether oxygens (including phenoxy) is 1. The molecule has 0 unspecified atom stereocenters. The number of alkyl halides is 3. The minimum atomic E-state index is -4.43. The average Bonchev–Trinajstić information content (AvgIpc) is 3.02. The number of pyridine rings is 1. The second kappa shape index (κ2) is 8.22. The van der Waals surface area contributed by atoms with Gasteiger partial charge in [0.1, 0.15) is 12.4 Å². The molecule has 0 aliphatic heterocycles. The molecule has 3 aromatic rings. The lowest BCUT2D eigenvalue weighted by atomic mass is 10.1. The Hall–Kier alpha value is -2.87. The van der Waals surface area contributed by atoms with Crippen LogP contribution in [0.3, 0.4) is 0 Å². The summed E-state index contributed by atoms with van der Waals surface area (Å²) in [5, 5.41) is 7.64. The standard InChI is InChI=1S/C19H19F3N4O/c1-26-13-15(18(25-26)14-6-8-23-9-7-14)12-24-10-11-27-17-5-3-2-4-16(17)19(20,21)22/h2-9,13,24H,10-12H2,1H3. The number of rotatable bonds is 7. The minimum absolute atomic E-state index is 0.123. The Bertz CT molecular complexity index is 878. The first kappa shape index (κ1) is 18.9.